The summed E-state index contributed by atoms with van der Waals surface area (Å²) >= 11 is 1.93. The second-order valence-corrected chi connectivity index (χ2v) is 10.3. The van der Waals surface area contributed by atoms with E-state index in [2.05, 4.69) is 127 Å². The molecule has 0 spiro atoms. The SMILES string of the molecule is CC1(c2cccc3c2c2ccccc2n3-c2ccccc2)C=CC=C2Sc3ccccc3C21. The Morgan fingerprint density at radius 2 is 1.52 bits per heavy atom. The summed E-state index contributed by atoms with van der Waals surface area (Å²) in [6.07, 6.45) is 7.00. The fourth-order valence-electron chi connectivity index (χ4n) is 5.91. The Hall–Kier alpha value is -3.49. The van der Waals surface area contributed by atoms with Crippen LogP contribution in [0.25, 0.3) is 27.5 Å². The van der Waals surface area contributed by atoms with E-state index in [-0.39, 0.29) is 5.41 Å². The highest BCUT2D eigenvalue weighted by Crippen LogP contribution is 2.59. The number of aromatic nitrogens is 1. The largest absolute Gasteiger partial charge is 0.309 e. The molecule has 1 aliphatic carbocycles. The number of hydrogen-bond donors (Lipinski definition) is 0. The van der Waals surface area contributed by atoms with Crippen LogP contribution in [-0.2, 0) is 5.41 Å². The third kappa shape index (κ3) is 2.62. The number of allylic oxidation sites excluding steroid dienone is 4. The number of rotatable bonds is 2. The lowest BCUT2D eigenvalue weighted by atomic mass is 9.66. The third-order valence-electron chi connectivity index (χ3n) is 7.34. The van der Waals surface area contributed by atoms with Crippen molar-refractivity contribution in [3.8, 4) is 5.69 Å². The summed E-state index contributed by atoms with van der Waals surface area (Å²) in [4.78, 5) is 2.84. The molecule has 7 rings (SSSR count). The number of thioether (sulfide) groups is 1. The zero-order chi connectivity index (χ0) is 22.0. The first kappa shape index (κ1) is 19.0. The molecule has 1 aromatic heterocycles. The number of nitrogens with zero attached hydrogens (tertiary/aromatic N) is 1. The van der Waals surface area contributed by atoms with Gasteiger partial charge in [-0.1, -0.05) is 104 Å². The summed E-state index contributed by atoms with van der Waals surface area (Å²) < 4.78 is 2.41. The molecule has 0 saturated heterocycles. The fraction of sp³-hybridized carbons (Fsp3) is 0.0968. The van der Waals surface area contributed by atoms with Crippen LogP contribution >= 0.6 is 11.8 Å². The second kappa shape index (κ2) is 7.00. The molecule has 2 aliphatic rings. The van der Waals surface area contributed by atoms with Gasteiger partial charge < -0.3 is 4.57 Å². The number of hydrogen-bond acceptors (Lipinski definition) is 1. The minimum Gasteiger partial charge on any atom is -0.309 e. The summed E-state index contributed by atoms with van der Waals surface area (Å²) in [6, 6.07) is 35.3. The average Bonchev–Trinajstić information content (AvgIpc) is 3.41. The molecule has 0 amide bonds. The van der Waals surface area contributed by atoms with Crippen LogP contribution in [0.15, 0.2) is 125 Å². The van der Waals surface area contributed by atoms with Crippen molar-refractivity contribution in [1.82, 2.24) is 4.57 Å². The second-order valence-electron chi connectivity index (χ2n) is 9.17. The van der Waals surface area contributed by atoms with E-state index in [0.29, 0.717) is 5.92 Å². The van der Waals surface area contributed by atoms with Gasteiger partial charge in [0.05, 0.1) is 11.0 Å². The van der Waals surface area contributed by atoms with E-state index in [1.165, 1.54) is 48.4 Å². The van der Waals surface area contributed by atoms with Gasteiger partial charge in [-0.2, -0.15) is 0 Å². The van der Waals surface area contributed by atoms with Gasteiger partial charge in [0.25, 0.3) is 0 Å². The standard InChI is InChI=1S/C31H23NS/c1-31(20-10-19-28-30(31)23-14-6-8-18-27(23)33-28)24-15-9-17-26-29(24)22-13-5-7-16-25(22)32(26)21-11-3-2-4-12-21/h2-20,30H,1H3. The van der Waals surface area contributed by atoms with Crippen LogP contribution in [0, 0.1) is 0 Å². The molecule has 0 N–H and O–H groups in total. The van der Waals surface area contributed by atoms with Crippen molar-refractivity contribution in [2.45, 2.75) is 23.2 Å². The Morgan fingerprint density at radius 1 is 0.758 bits per heavy atom. The van der Waals surface area contributed by atoms with Crippen LogP contribution in [-0.4, -0.2) is 4.57 Å². The Labute approximate surface area is 198 Å². The van der Waals surface area contributed by atoms with Crippen molar-refractivity contribution < 1.29 is 0 Å². The monoisotopic (exact) mass is 441 g/mol. The summed E-state index contributed by atoms with van der Waals surface area (Å²) in [5.74, 6) is 0.341. The van der Waals surface area contributed by atoms with Crippen LogP contribution in [0.3, 0.4) is 0 Å². The minimum absolute atomic E-state index is 0.130. The first-order valence-electron chi connectivity index (χ1n) is 11.5. The first-order valence-corrected chi connectivity index (χ1v) is 12.3. The lowest BCUT2D eigenvalue weighted by Crippen LogP contribution is -2.29. The molecule has 0 fully saturated rings. The molecule has 0 saturated carbocycles. The average molecular weight is 442 g/mol. The maximum atomic E-state index is 2.42. The highest BCUT2D eigenvalue weighted by atomic mass is 32.2. The molecule has 0 bridgehead atoms. The molecule has 0 radical (unpaired) electrons. The molecule has 4 aromatic carbocycles. The van der Waals surface area contributed by atoms with Crippen molar-refractivity contribution in [3.63, 3.8) is 0 Å². The smallest absolute Gasteiger partial charge is 0.0544 e. The van der Waals surface area contributed by atoms with Crippen molar-refractivity contribution >= 4 is 33.6 Å². The van der Waals surface area contributed by atoms with Crippen LogP contribution in [0.2, 0.25) is 0 Å². The summed E-state index contributed by atoms with van der Waals surface area (Å²) in [7, 11) is 0. The van der Waals surface area contributed by atoms with E-state index in [1.807, 2.05) is 11.8 Å². The van der Waals surface area contributed by atoms with E-state index in [0.717, 1.165) is 0 Å². The number of fused-ring (bicyclic) bond motifs is 6. The molecule has 2 atom stereocenters. The third-order valence-corrected chi connectivity index (χ3v) is 8.54. The van der Waals surface area contributed by atoms with Crippen molar-refractivity contribution in [2.24, 2.45) is 0 Å². The maximum absolute atomic E-state index is 2.42. The van der Waals surface area contributed by atoms with Crippen molar-refractivity contribution in [3.05, 3.63) is 131 Å². The lowest BCUT2D eigenvalue weighted by molar-refractivity contribution is 0.523. The van der Waals surface area contributed by atoms with E-state index < -0.39 is 0 Å². The van der Waals surface area contributed by atoms with Crippen molar-refractivity contribution in [1.29, 1.82) is 0 Å². The fourth-order valence-corrected chi connectivity index (χ4v) is 7.25. The van der Waals surface area contributed by atoms with Crippen LogP contribution in [0.1, 0.15) is 24.0 Å². The Kier molecular flexibility index (Phi) is 4.04. The molecular formula is C31H23NS. The highest BCUT2D eigenvalue weighted by molar-refractivity contribution is 8.03. The molecule has 1 aliphatic heterocycles. The zero-order valence-electron chi connectivity index (χ0n) is 18.4. The van der Waals surface area contributed by atoms with Crippen LogP contribution < -0.4 is 0 Å². The number of benzene rings is 4. The topological polar surface area (TPSA) is 4.93 Å². The van der Waals surface area contributed by atoms with Crippen LogP contribution in [0.5, 0.6) is 0 Å². The van der Waals surface area contributed by atoms with E-state index in [4.69, 9.17) is 0 Å². The van der Waals surface area contributed by atoms with Crippen LogP contribution in [0.4, 0.5) is 0 Å². The van der Waals surface area contributed by atoms with Gasteiger partial charge in [-0.15, -0.1) is 0 Å². The molecule has 33 heavy (non-hydrogen) atoms. The van der Waals surface area contributed by atoms with Gasteiger partial charge in [-0.3, -0.25) is 0 Å². The Bertz CT molecular complexity index is 1600. The minimum atomic E-state index is -0.130. The lowest BCUT2D eigenvalue weighted by Gasteiger charge is -2.37. The van der Waals surface area contributed by atoms with E-state index in [1.54, 1.807) is 0 Å². The Morgan fingerprint density at radius 3 is 2.42 bits per heavy atom. The van der Waals surface area contributed by atoms with Gasteiger partial charge in [-0.25, -0.2) is 0 Å². The summed E-state index contributed by atoms with van der Waals surface area (Å²) in [6.45, 7) is 2.42. The zero-order valence-corrected chi connectivity index (χ0v) is 19.2. The predicted molar refractivity (Wildman–Crippen MR) is 140 cm³/mol. The number of para-hydroxylation sites is 2. The quantitative estimate of drug-likeness (QED) is 0.266. The first-order chi connectivity index (χ1) is 16.3. The molecular weight excluding hydrogens is 418 g/mol. The maximum Gasteiger partial charge on any atom is 0.0544 e. The van der Waals surface area contributed by atoms with Gasteiger partial charge in [0, 0.05) is 32.7 Å². The summed E-state index contributed by atoms with van der Waals surface area (Å²) in [5.41, 5.74) is 6.44. The normalized spacial score (nSPS) is 21.2. The molecule has 2 heteroatoms. The van der Waals surface area contributed by atoms with E-state index in [9.17, 15) is 0 Å². The predicted octanol–water partition coefficient (Wildman–Crippen LogP) is 8.38. The molecule has 2 heterocycles. The van der Waals surface area contributed by atoms with Crippen molar-refractivity contribution in [2.75, 3.05) is 0 Å². The van der Waals surface area contributed by atoms with Gasteiger partial charge in [-0.05, 0) is 46.4 Å². The molecule has 1 nitrogen and oxygen atoms in total. The van der Waals surface area contributed by atoms with E-state index >= 15 is 0 Å². The van der Waals surface area contributed by atoms with Gasteiger partial charge >= 0.3 is 0 Å². The van der Waals surface area contributed by atoms with Gasteiger partial charge in [0.2, 0.25) is 0 Å². The molecule has 5 aromatic rings. The molecule has 2 unspecified atom stereocenters. The van der Waals surface area contributed by atoms with Gasteiger partial charge in [0.1, 0.15) is 0 Å². The van der Waals surface area contributed by atoms with Gasteiger partial charge in [0.15, 0.2) is 0 Å². The molecule has 158 valence electrons. The highest BCUT2D eigenvalue weighted by Gasteiger charge is 2.44. The summed E-state index contributed by atoms with van der Waals surface area (Å²) in [5, 5.41) is 2.68. The Balaban J connectivity index is 1.56.